The van der Waals surface area contributed by atoms with Crippen LogP contribution in [-0.2, 0) is 4.79 Å². The Balaban J connectivity index is 1.97. The van der Waals surface area contributed by atoms with Crippen molar-refractivity contribution in [1.82, 2.24) is 19.7 Å². The molecule has 0 unspecified atom stereocenters. The summed E-state index contributed by atoms with van der Waals surface area (Å²) in [6, 6.07) is 14.9. The van der Waals surface area contributed by atoms with Gasteiger partial charge in [-0.25, -0.2) is 0 Å². The van der Waals surface area contributed by atoms with Gasteiger partial charge in [0.05, 0.1) is 5.75 Å². The molecule has 0 aliphatic rings. The third-order valence-corrected chi connectivity index (χ3v) is 5.68. The zero-order chi connectivity index (χ0) is 20.1. The number of nitrogens with zero attached hydrogens (tertiary/aromatic N) is 4. The van der Waals surface area contributed by atoms with Gasteiger partial charge in [-0.3, -0.25) is 9.36 Å². The predicted molar refractivity (Wildman–Crippen MR) is 115 cm³/mol. The van der Waals surface area contributed by atoms with Crippen molar-refractivity contribution in [2.75, 3.05) is 18.8 Å². The highest BCUT2D eigenvalue weighted by Crippen LogP contribution is 2.29. The number of aromatic nitrogens is 3. The lowest BCUT2D eigenvalue weighted by atomic mass is 10.2. The van der Waals surface area contributed by atoms with E-state index in [1.807, 2.05) is 66.9 Å². The van der Waals surface area contributed by atoms with Crippen LogP contribution in [0, 0.1) is 0 Å². The fourth-order valence-electron chi connectivity index (χ4n) is 2.77. The largest absolute Gasteiger partial charge is 0.343 e. The topological polar surface area (TPSA) is 51.0 Å². The van der Waals surface area contributed by atoms with Gasteiger partial charge in [0.15, 0.2) is 11.0 Å². The van der Waals surface area contributed by atoms with Crippen molar-refractivity contribution < 1.29 is 4.79 Å². The molecule has 0 saturated carbocycles. The normalized spacial score (nSPS) is 10.9. The van der Waals surface area contributed by atoms with Crippen molar-refractivity contribution in [2.24, 2.45) is 0 Å². The standard InChI is InChI=1S/C20H20Cl2N4OS/c1-3-25(4-2)18(27)13-28-20-24-23-19(14-5-7-15(21)8-6-14)26(20)17-11-9-16(22)10-12-17/h5-12H,3-4,13H2,1-2H3. The molecular weight excluding hydrogens is 415 g/mol. The number of carbonyl (C=O) groups is 1. The summed E-state index contributed by atoms with van der Waals surface area (Å²) in [6.45, 7) is 5.33. The minimum atomic E-state index is 0.0775. The molecule has 0 saturated heterocycles. The molecule has 1 amide bonds. The van der Waals surface area contributed by atoms with Crippen LogP contribution < -0.4 is 0 Å². The van der Waals surface area contributed by atoms with E-state index < -0.39 is 0 Å². The Morgan fingerprint density at radius 2 is 1.54 bits per heavy atom. The van der Waals surface area contributed by atoms with Crippen molar-refractivity contribution in [3.05, 3.63) is 58.6 Å². The lowest BCUT2D eigenvalue weighted by Gasteiger charge is -2.18. The van der Waals surface area contributed by atoms with Gasteiger partial charge in [-0.15, -0.1) is 10.2 Å². The van der Waals surface area contributed by atoms with E-state index in [1.54, 1.807) is 4.90 Å². The summed E-state index contributed by atoms with van der Waals surface area (Å²) in [4.78, 5) is 14.2. The summed E-state index contributed by atoms with van der Waals surface area (Å²) >= 11 is 13.4. The number of benzene rings is 2. The Morgan fingerprint density at radius 1 is 0.964 bits per heavy atom. The molecule has 0 aliphatic carbocycles. The summed E-state index contributed by atoms with van der Waals surface area (Å²) in [5.41, 5.74) is 1.76. The van der Waals surface area contributed by atoms with Crippen LogP contribution >= 0.6 is 35.0 Å². The van der Waals surface area contributed by atoms with Gasteiger partial charge in [0, 0.05) is 34.4 Å². The number of rotatable bonds is 7. The van der Waals surface area contributed by atoms with Gasteiger partial charge in [-0.2, -0.15) is 0 Å². The van der Waals surface area contributed by atoms with Gasteiger partial charge in [-0.1, -0.05) is 35.0 Å². The van der Waals surface area contributed by atoms with Crippen LogP contribution in [0.5, 0.6) is 0 Å². The first kappa shape index (κ1) is 20.7. The molecule has 0 fully saturated rings. The summed E-state index contributed by atoms with van der Waals surface area (Å²) in [6.07, 6.45) is 0. The number of thioether (sulfide) groups is 1. The number of amides is 1. The molecule has 146 valence electrons. The first-order valence-corrected chi connectivity index (χ1v) is 10.7. The van der Waals surface area contributed by atoms with Crippen LogP contribution in [0.1, 0.15) is 13.8 Å². The van der Waals surface area contributed by atoms with Crippen molar-refractivity contribution in [1.29, 1.82) is 0 Å². The average Bonchev–Trinajstić information content (AvgIpc) is 3.12. The zero-order valence-electron chi connectivity index (χ0n) is 15.6. The molecule has 1 aromatic heterocycles. The maximum atomic E-state index is 12.4. The van der Waals surface area contributed by atoms with Gasteiger partial charge >= 0.3 is 0 Å². The summed E-state index contributed by atoms with van der Waals surface area (Å²) in [5, 5.41) is 10.7. The van der Waals surface area contributed by atoms with Gasteiger partial charge < -0.3 is 4.90 Å². The van der Waals surface area contributed by atoms with E-state index in [4.69, 9.17) is 23.2 Å². The molecule has 28 heavy (non-hydrogen) atoms. The molecule has 0 atom stereocenters. The lowest BCUT2D eigenvalue weighted by molar-refractivity contribution is -0.127. The van der Waals surface area contributed by atoms with Crippen LogP contribution in [0.15, 0.2) is 53.7 Å². The number of hydrogen-bond acceptors (Lipinski definition) is 4. The molecule has 0 bridgehead atoms. The Labute approximate surface area is 178 Å². The molecule has 8 heteroatoms. The van der Waals surface area contributed by atoms with E-state index in [2.05, 4.69) is 10.2 Å². The minimum absolute atomic E-state index is 0.0775. The molecule has 3 aromatic rings. The molecule has 0 aliphatic heterocycles. The van der Waals surface area contributed by atoms with E-state index in [0.717, 1.165) is 11.3 Å². The third-order valence-electron chi connectivity index (χ3n) is 4.26. The van der Waals surface area contributed by atoms with E-state index in [1.165, 1.54) is 11.8 Å². The second kappa shape index (κ2) is 9.45. The van der Waals surface area contributed by atoms with E-state index in [0.29, 0.717) is 39.9 Å². The smallest absolute Gasteiger partial charge is 0.233 e. The van der Waals surface area contributed by atoms with Crippen molar-refractivity contribution >= 4 is 40.9 Å². The quantitative estimate of drug-likeness (QED) is 0.479. The van der Waals surface area contributed by atoms with Crippen LogP contribution in [0.2, 0.25) is 10.0 Å². The molecule has 1 heterocycles. The van der Waals surface area contributed by atoms with Crippen LogP contribution in [0.4, 0.5) is 0 Å². The number of hydrogen-bond donors (Lipinski definition) is 0. The van der Waals surface area contributed by atoms with E-state index >= 15 is 0 Å². The number of carbonyl (C=O) groups excluding carboxylic acids is 1. The van der Waals surface area contributed by atoms with Gasteiger partial charge in [0.25, 0.3) is 0 Å². The first-order valence-electron chi connectivity index (χ1n) is 8.91. The first-order chi connectivity index (χ1) is 13.5. The molecule has 2 aromatic carbocycles. The Kier molecular flexibility index (Phi) is 6.99. The zero-order valence-corrected chi connectivity index (χ0v) is 17.9. The van der Waals surface area contributed by atoms with Gasteiger partial charge in [0.2, 0.25) is 5.91 Å². The highest BCUT2D eigenvalue weighted by molar-refractivity contribution is 7.99. The van der Waals surface area contributed by atoms with Crippen LogP contribution in [0.3, 0.4) is 0 Å². The van der Waals surface area contributed by atoms with E-state index in [9.17, 15) is 4.79 Å². The van der Waals surface area contributed by atoms with Crippen LogP contribution in [0.25, 0.3) is 17.1 Å². The maximum absolute atomic E-state index is 12.4. The fourth-order valence-corrected chi connectivity index (χ4v) is 3.87. The average molecular weight is 435 g/mol. The van der Waals surface area contributed by atoms with Crippen molar-refractivity contribution in [3.63, 3.8) is 0 Å². The second-order valence-corrected chi connectivity index (χ2v) is 7.79. The maximum Gasteiger partial charge on any atom is 0.233 e. The summed E-state index contributed by atoms with van der Waals surface area (Å²) < 4.78 is 1.93. The molecular formula is C20H20Cl2N4OS. The SMILES string of the molecule is CCN(CC)C(=O)CSc1nnc(-c2ccc(Cl)cc2)n1-c1ccc(Cl)cc1. The molecule has 0 N–H and O–H groups in total. The Hall–Kier alpha value is -2.02. The molecule has 0 radical (unpaired) electrons. The molecule has 3 rings (SSSR count). The predicted octanol–water partition coefficient (Wildman–Crippen LogP) is 5.20. The fraction of sp³-hybridized carbons (Fsp3) is 0.250. The lowest BCUT2D eigenvalue weighted by Crippen LogP contribution is -2.31. The molecule has 0 spiro atoms. The number of halogens is 2. The molecule has 5 nitrogen and oxygen atoms in total. The summed E-state index contributed by atoms with van der Waals surface area (Å²) in [7, 11) is 0. The minimum Gasteiger partial charge on any atom is -0.343 e. The van der Waals surface area contributed by atoms with E-state index in [-0.39, 0.29) is 5.91 Å². The van der Waals surface area contributed by atoms with Crippen molar-refractivity contribution in [2.45, 2.75) is 19.0 Å². The van der Waals surface area contributed by atoms with Gasteiger partial charge in [-0.05, 0) is 62.4 Å². The Morgan fingerprint density at radius 3 is 2.11 bits per heavy atom. The van der Waals surface area contributed by atoms with Crippen LogP contribution in [-0.4, -0.2) is 44.4 Å². The second-order valence-electron chi connectivity index (χ2n) is 5.98. The Bertz CT molecular complexity index is 938. The third kappa shape index (κ3) is 4.69. The highest BCUT2D eigenvalue weighted by atomic mass is 35.5. The highest BCUT2D eigenvalue weighted by Gasteiger charge is 2.18. The van der Waals surface area contributed by atoms with Gasteiger partial charge in [0.1, 0.15) is 0 Å². The monoisotopic (exact) mass is 434 g/mol. The van der Waals surface area contributed by atoms with Crippen molar-refractivity contribution in [3.8, 4) is 17.1 Å². The summed E-state index contributed by atoms with van der Waals surface area (Å²) in [5.74, 6) is 1.05.